The van der Waals surface area contributed by atoms with E-state index in [0.29, 0.717) is 53.2 Å². The summed E-state index contributed by atoms with van der Waals surface area (Å²) in [5.74, 6) is 1.58. The number of amides is 1. The van der Waals surface area contributed by atoms with E-state index in [1.807, 2.05) is 30.3 Å². The molecule has 6 nitrogen and oxygen atoms in total. The third-order valence-electron chi connectivity index (χ3n) is 5.61. The molecule has 0 bridgehead atoms. The van der Waals surface area contributed by atoms with Gasteiger partial charge in [0.15, 0.2) is 16.7 Å². The lowest BCUT2D eigenvalue weighted by Gasteiger charge is -2.16. The van der Waals surface area contributed by atoms with Crippen molar-refractivity contribution in [1.29, 1.82) is 0 Å². The van der Waals surface area contributed by atoms with Crippen LogP contribution in [-0.2, 0) is 24.3 Å². The molecule has 3 aromatic rings. The molecule has 1 heterocycles. The number of rotatable bonds is 11. The second-order valence-electron chi connectivity index (χ2n) is 8.12. The topological polar surface area (TPSA) is 67.5 Å². The van der Waals surface area contributed by atoms with Gasteiger partial charge in [-0.1, -0.05) is 77.6 Å². The van der Waals surface area contributed by atoms with E-state index in [4.69, 9.17) is 55.9 Å². The fraction of sp³-hybridized carbons (Fsp3) is 0.360. The van der Waals surface area contributed by atoms with E-state index in [1.165, 1.54) is 0 Å². The Balaban J connectivity index is 1.56. The largest absolute Gasteiger partial charge is 0.493 e. The first-order valence-corrected chi connectivity index (χ1v) is 12.5. The number of hydrogen-bond donors (Lipinski definition) is 0. The smallest absolute Gasteiger partial charge is 0.241 e. The Morgan fingerprint density at radius 2 is 1.80 bits per heavy atom. The third kappa shape index (κ3) is 6.98. The Morgan fingerprint density at radius 1 is 1.06 bits per heavy atom. The Bertz CT molecular complexity index is 1180. The number of imidazole rings is 1. The van der Waals surface area contributed by atoms with Gasteiger partial charge < -0.3 is 14.0 Å². The maximum absolute atomic E-state index is 12.5. The van der Waals surface area contributed by atoms with Crippen LogP contribution in [0.1, 0.15) is 36.7 Å². The van der Waals surface area contributed by atoms with Gasteiger partial charge in [0.2, 0.25) is 5.91 Å². The summed E-state index contributed by atoms with van der Waals surface area (Å²) in [4.78, 5) is 16.8. The average Bonchev–Trinajstić information content (AvgIpc) is 3.11. The van der Waals surface area contributed by atoms with E-state index < -0.39 is 0 Å². The lowest BCUT2D eigenvalue weighted by atomic mass is 9.96. The van der Waals surface area contributed by atoms with E-state index in [1.54, 1.807) is 24.9 Å². The molecule has 0 fully saturated rings. The highest BCUT2D eigenvalue weighted by Crippen LogP contribution is 2.38. The first-order chi connectivity index (χ1) is 16.7. The van der Waals surface area contributed by atoms with Crippen LogP contribution < -0.4 is 14.8 Å². The summed E-state index contributed by atoms with van der Waals surface area (Å²) >= 11 is 25.2. The number of hydrogen-bond acceptors (Lipinski definition) is 4. The molecule has 0 aliphatic carbocycles. The number of aromatic nitrogens is 2. The van der Waals surface area contributed by atoms with E-state index in [2.05, 4.69) is 17.2 Å². The molecular formula is C25H26Cl4N3O3. The summed E-state index contributed by atoms with van der Waals surface area (Å²) in [6.45, 7) is 2.52. The van der Waals surface area contributed by atoms with Gasteiger partial charge in [0.25, 0.3) is 0 Å². The van der Waals surface area contributed by atoms with Crippen molar-refractivity contribution in [2.24, 2.45) is 5.92 Å². The fourth-order valence-electron chi connectivity index (χ4n) is 3.70. The summed E-state index contributed by atoms with van der Waals surface area (Å²) < 4.78 is 12.4. The lowest BCUT2D eigenvalue weighted by Crippen LogP contribution is -2.19. The molecule has 1 aromatic heterocycles. The van der Waals surface area contributed by atoms with Crippen molar-refractivity contribution in [3.05, 3.63) is 73.7 Å². The van der Waals surface area contributed by atoms with Gasteiger partial charge in [-0.15, -0.1) is 0 Å². The van der Waals surface area contributed by atoms with E-state index in [0.717, 1.165) is 11.1 Å². The van der Waals surface area contributed by atoms with E-state index >= 15 is 0 Å². The molecule has 35 heavy (non-hydrogen) atoms. The molecule has 1 amide bonds. The van der Waals surface area contributed by atoms with Crippen LogP contribution in [0.4, 0.5) is 0 Å². The molecule has 0 saturated heterocycles. The molecule has 0 N–H and O–H groups in total. The maximum Gasteiger partial charge on any atom is 0.241 e. The van der Waals surface area contributed by atoms with Crippen LogP contribution in [0.5, 0.6) is 11.5 Å². The van der Waals surface area contributed by atoms with E-state index in [-0.39, 0.29) is 28.7 Å². The minimum Gasteiger partial charge on any atom is -0.493 e. The molecule has 0 spiro atoms. The summed E-state index contributed by atoms with van der Waals surface area (Å²) in [6.07, 6.45) is 1.65. The van der Waals surface area contributed by atoms with Crippen LogP contribution in [0.25, 0.3) is 0 Å². The minimum atomic E-state index is -0.213. The summed E-state index contributed by atoms with van der Waals surface area (Å²) in [5, 5.41) is 5.76. The highest BCUT2D eigenvalue weighted by Gasteiger charge is 2.18. The van der Waals surface area contributed by atoms with Gasteiger partial charge in [0.1, 0.15) is 17.5 Å². The second-order valence-corrected chi connectivity index (χ2v) is 9.62. The normalized spacial score (nSPS) is 11.9. The number of carbonyl (C=O) groups is 1. The number of carbonyl (C=O) groups excluding carboxylic acids is 1. The molecule has 0 aliphatic heterocycles. The number of halogens is 4. The van der Waals surface area contributed by atoms with Crippen LogP contribution in [-0.4, -0.2) is 29.7 Å². The summed E-state index contributed by atoms with van der Waals surface area (Å²) in [6, 6.07) is 11.2. The van der Waals surface area contributed by atoms with Crippen molar-refractivity contribution in [3.63, 3.8) is 0 Å². The molecule has 1 atom stereocenters. The summed E-state index contributed by atoms with van der Waals surface area (Å²) in [5.41, 5.74) is 1.80. The fourth-order valence-corrected chi connectivity index (χ4v) is 4.60. The molecule has 3 rings (SSSR count). The molecule has 1 unspecified atom stereocenters. The Hall–Kier alpha value is -2.12. The van der Waals surface area contributed by atoms with Crippen molar-refractivity contribution in [2.75, 3.05) is 14.2 Å². The Kier molecular flexibility index (Phi) is 9.99. The predicted molar refractivity (Wildman–Crippen MR) is 140 cm³/mol. The summed E-state index contributed by atoms with van der Waals surface area (Å²) in [7, 11) is 3.12. The zero-order valence-corrected chi connectivity index (χ0v) is 22.7. The minimum absolute atomic E-state index is 0.0750. The monoisotopic (exact) mass is 556 g/mol. The number of ether oxygens (including phenoxy) is 2. The van der Waals surface area contributed by atoms with Crippen molar-refractivity contribution in [3.8, 4) is 11.5 Å². The standard InChI is InChI=1S/C25H26Cl4N3O3/c1-15(12-16-9-10-19(34-2)23(35-3)22(16)27)8-11-21(33)30-13-20-31-24(28)25(29)32(20)14-17-6-4-5-7-18(17)26/h4-7,9-10,15H,8,11-14H2,1-3H3. The predicted octanol–water partition coefficient (Wildman–Crippen LogP) is 6.85. The zero-order chi connectivity index (χ0) is 25.5. The van der Waals surface area contributed by atoms with Crippen molar-refractivity contribution in [2.45, 2.75) is 39.3 Å². The zero-order valence-electron chi connectivity index (χ0n) is 19.7. The van der Waals surface area contributed by atoms with Crippen LogP contribution in [0.15, 0.2) is 36.4 Å². The SMILES string of the molecule is COc1ccc(CC(C)CCC(=O)[N]Cc2nc(Cl)c(Cl)n2Cc2ccccc2Cl)c(Cl)c1OC. The highest BCUT2D eigenvalue weighted by atomic mass is 35.5. The Labute approximate surface area is 225 Å². The first kappa shape index (κ1) is 27.5. The van der Waals surface area contributed by atoms with Crippen LogP contribution in [0.2, 0.25) is 20.4 Å². The highest BCUT2D eigenvalue weighted by molar-refractivity contribution is 6.40. The molecule has 2 aromatic carbocycles. The second kappa shape index (κ2) is 12.7. The van der Waals surface area contributed by atoms with Crippen molar-refractivity contribution >= 4 is 52.3 Å². The molecular weight excluding hydrogens is 532 g/mol. The van der Waals surface area contributed by atoms with Gasteiger partial charge in [-0.2, -0.15) is 0 Å². The average molecular weight is 558 g/mol. The van der Waals surface area contributed by atoms with Gasteiger partial charge >= 0.3 is 0 Å². The van der Waals surface area contributed by atoms with Crippen molar-refractivity contribution in [1.82, 2.24) is 14.9 Å². The quantitative estimate of drug-likeness (QED) is 0.258. The number of nitrogens with zero attached hydrogens (tertiary/aromatic N) is 3. The van der Waals surface area contributed by atoms with Crippen LogP contribution >= 0.6 is 46.4 Å². The Morgan fingerprint density at radius 3 is 2.49 bits per heavy atom. The molecule has 10 heteroatoms. The maximum atomic E-state index is 12.5. The van der Waals surface area contributed by atoms with E-state index in [9.17, 15) is 4.79 Å². The van der Waals surface area contributed by atoms with Gasteiger partial charge in [-0.05, 0) is 42.0 Å². The molecule has 187 valence electrons. The van der Waals surface area contributed by atoms with Gasteiger partial charge in [-0.3, -0.25) is 4.79 Å². The lowest BCUT2D eigenvalue weighted by molar-refractivity contribution is -0.121. The van der Waals surface area contributed by atoms with Gasteiger partial charge in [0, 0.05) is 11.4 Å². The number of benzene rings is 2. The first-order valence-electron chi connectivity index (χ1n) is 11.0. The van der Waals surface area contributed by atoms with Gasteiger partial charge in [0.05, 0.1) is 25.8 Å². The third-order valence-corrected chi connectivity index (χ3v) is 7.14. The number of methoxy groups -OCH3 is 2. The van der Waals surface area contributed by atoms with Crippen LogP contribution in [0, 0.1) is 5.92 Å². The van der Waals surface area contributed by atoms with Crippen molar-refractivity contribution < 1.29 is 14.3 Å². The molecule has 1 radical (unpaired) electrons. The van der Waals surface area contributed by atoms with Gasteiger partial charge in [-0.25, -0.2) is 10.3 Å². The van der Waals surface area contributed by atoms with Crippen LogP contribution in [0.3, 0.4) is 0 Å². The molecule has 0 aliphatic rings. The molecule has 0 saturated carbocycles.